The molecule has 0 bridgehead atoms. The molecule has 170 valence electrons. The van der Waals surface area contributed by atoms with E-state index in [0.29, 0.717) is 5.75 Å². The Bertz CT molecular complexity index is 1580. The number of carbonyl (C=O) groups is 1. The summed E-state index contributed by atoms with van der Waals surface area (Å²) in [6.07, 6.45) is 0. The molecule has 1 aliphatic carbocycles. The number of hydrogen-bond acceptors (Lipinski definition) is 5. The fourth-order valence-electron chi connectivity index (χ4n) is 5.12. The van der Waals surface area contributed by atoms with Gasteiger partial charge in [0.2, 0.25) is 0 Å². The molecule has 5 aromatic rings. The molecule has 4 aromatic carbocycles. The summed E-state index contributed by atoms with van der Waals surface area (Å²) < 4.78 is 10.8. The lowest BCUT2D eigenvalue weighted by Crippen LogP contribution is -2.29. The van der Waals surface area contributed by atoms with E-state index in [1.807, 2.05) is 66.7 Å². The van der Waals surface area contributed by atoms with E-state index >= 15 is 0 Å². The minimum atomic E-state index is -0.704. The molecular formula is C30H22N2O3. The van der Waals surface area contributed by atoms with E-state index in [4.69, 9.17) is 19.4 Å². The fourth-order valence-corrected chi connectivity index (χ4v) is 5.12. The molecule has 0 saturated heterocycles. The lowest BCUT2D eigenvalue weighted by molar-refractivity contribution is -0.131. The van der Waals surface area contributed by atoms with Crippen molar-refractivity contribution < 1.29 is 14.3 Å². The predicted octanol–water partition coefficient (Wildman–Crippen LogP) is 5.93. The molecule has 5 nitrogen and oxygen atoms in total. The van der Waals surface area contributed by atoms with Crippen LogP contribution in [-0.2, 0) is 10.2 Å². The zero-order valence-corrected chi connectivity index (χ0v) is 19.4. The minimum Gasteiger partial charge on any atom is -0.497 e. The van der Waals surface area contributed by atoms with E-state index in [1.54, 1.807) is 7.11 Å². The quantitative estimate of drug-likeness (QED) is 0.242. The van der Waals surface area contributed by atoms with E-state index in [-0.39, 0.29) is 5.97 Å². The largest absolute Gasteiger partial charge is 0.497 e. The standard InChI is InChI=1S/C30H22N2O3/c1-19(33)35-23-17-13-21(14-18-23)30(20-11-15-22(34-2)16-12-20)25-8-4-3-7-24(25)28-29(30)32-27-10-6-5-9-26(27)31-28/h3-18H,1-2H3. The molecule has 0 N–H and O–H groups in total. The number of esters is 1. The highest BCUT2D eigenvalue weighted by atomic mass is 16.5. The lowest BCUT2D eigenvalue weighted by Gasteiger charge is -2.32. The lowest BCUT2D eigenvalue weighted by atomic mass is 9.69. The first-order valence-electron chi connectivity index (χ1n) is 11.4. The van der Waals surface area contributed by atoms with Crippen LogP contribution in [0.2, 0.25) is 0 Å². The Morgan fingerprint density at radius 2 is 1.29 bits per heavy atom. The summed E-state index contributed by atoms with van der Waals surface area (Å²) >= 11 is 0. The van der Waals surface area contributed by atoms with Gasteiger partial charge in [-0.05, 0) is 53.1 Å². The number of aromatic nitrogens is 2. The van der Waals surface area contributed by atoms with Gasteiger partial charge in [-0.2, -0.15) is 0 Å². The third-order valence-electron chi connectivity index (χ3n) is 6.58. The second kappa shape index (κ2) is 8.06. The van der Waals surface area contributed by atoms with Crippen LogP contribution in [0.1, 0.15) is 29.3 Å². The van der Waals surface area contributed by atoms with Gasteiger partial charge in [-0.25, -0.2) is 9.97 Å². The topological polar surface area (TPSA) is 61.3 Å². The average Bonchev–Trinajstić information content (AvgIpc) is 3.18. The van der Waals surface area contributed by atoms with Crippen molar-refractivity contribution in [3.05, 3.63) is 119 Å². The van der Waals surface area contributed by atoms with Gasteiger partial charge in [0.05, 0.1) is 34.9 Å². The first-order valence-corrected chi connectivity index (χ1v) is 11.4. The monoisotopic (exact) mass is 458 g/mol. The van der Waals surface area contributed by atoms with Gasteiger partial charge < -0.3 is 9.47 Å². The fraction of sp³-hybridized carbons (Fsp3) is 0.100. The molecule has 1 aromatic heterocycles. The number of rotatable bonds is 4. The summed E-state index contributed by atoms with van der Waals surface area (Å²) in [6, 6.07) is 32.1. The molecule has 0 spiro atoms. The van der Waals surface area contributed by atoms with Gasteiger partial charge in [0, 0.05) is 12.5 Å². The van der Waals surface area contributed by atoms with Crippen LogP contribution >= 0.6 is 0 Å². The normalized spacial score (nSPS) is 15.9. The molecule has 1 atom stereocenters. The predicted molar refractivity (Wildman–Crippen MR) is 135 cm³/mol. The van der Waals surface area contributed by atoms with Crippen molar-refractivity contribution in [2.45, 2.75) is 12.3 Å². The summed E-state index contributed by atoms with van der Waals surface area (Å²) in [5.74, 6) is 0.934. The van der Waals surface area contributed by atoms with Gasteiger partial charge in [0.15, 0.2) is 0 Å². The zero-order chi connectivity index (χ0) is 24.0. The van der Waals surface area contributed by atoms with Gasteiger partial charge in [0.25, 0.3) is 0 Å². The number of carbonyl (C=O) groups excluding carboxylic acids is 1. The van der Waals surface area contributed by atoms with Crippen molar-refractivity contribution in [2.75, 3.05) is 7.11 Å². The van der Waals surface area contributed by atoms with Crippen molar-refractivity contribution in [3.8, 4) is 22.8 Å². The average molecular weight is 459 g/mol. The van der Waals surface area contributed by atoms with Crippen LogP contribution in [0, 0.1) is 0 Å². The first-order chi connectivity index (χ1) is 17.1. The molecule has 0 saturated carbocycles. The number of benzene rings is 4. The van der Waals surface area contributed by atoms with Gasteiger partial charge in [-0.1, -0.05) is 60.7 Å². The van der Waals surface area contributed by atoms with Gasteiger partial charge in [-0.3, -0.25) is 4.79 Å². The Labute approximate surface area is 203 Å². The Morgan fingerprint density at radius 1 is 0.714 bits per heavy atom. The molecular weight excluding hydrogens is 436 g/mol. The highest BCUT2D eigenvalue weighted by Gasteiger charge is 2.48. The van der Waals surface area contributed by atoms with E-state index in [1.165, 1.54) is 6.92 Å². The van der Waals surface area contributed by atoms with Crippen LogP contribution < -0.4 is 9.47 Å². The number of ether oxygens (including phenoxy) is 2. The molecule has 0 amide bonds. The maximum atomic E-state index is 11.5. The highest BCUT2D eigenvalue weighted by molar-refractivity contribution is 5.87. The van der Waals surface area contributed by atoms with Crippen LogP contribution in [0.5, 0.6) is 11.5 Å². The van der Waals surface area contributed by atoms with Crippen LogP contribution in [0.15, 0.2) is 97.1 Å². The molecule has 0 aliphatic heterocycles. The third-order valence-corrected chi connectivity index (χ3v) is 6.58. The molecule has 1 unspecified atom stereocenters. The number of nitrogens with zero attached hydrogens (tertiary/aromatic N) is 2. The van der Waals surface area contributed by atoms with Gasteiger partial charge in [0.1, 0.15) is 11.5 Å². The summed E-state index contributed by atoms with van der Waals surface area (Å²) in [7, 11) is 1.66. The molecule has 1 heterocycles. The summed E-state index contributed by atoms with van der Waals surface area (Å²) in [4.78, 5) is 21.8. The molecule has 6 rings (SSSR count). The Balaban J connectivity index is 1.70. The first kappa shape index (κ1) is 21.1. The number of hydrogen-bond donors (Lipinski definition) is 0. The Kier molecular flexibility index (Phi) is 4.85. The van der Waals surface area contributed by atoms with Gasteiger partial charge in [-0.15, -0.1) is 0 Å². The molecule has 35 heavy (non-hydrogen) atoms. The number of para-hydroxylation sites is 2. The summed E-state index contributed by atoms with van der Waals surface area (Å²) in [5, 5.41) is 0. The van der Waals surface area contributed by atoms with Crippen molar-refractivity contribution in [1.82, 2.24) is 9.97 Å². The van der Waals surface area contributed by atoms with E-state index in [2.05, 4.69) is 30.3 Å². The smallest absolute Gasteiger partial charge is 0.308 e. The van der Waals surface area contributed by atoms with Crippen molar-refractivity contribution in [2.24, 2.45) is 0 Å². The third kappa shape index (κ3) is 3.20. The highest BCUT2D eigenvalue weighted by Crippen LogP contribution is 2.55. The van der Waals surface area contributed by atoms with Crippen molar-refractivity contribution in [3.63, 3.8) is 0 Å². The SMILES string of the molecule is COc1ccc(C2(c3ccc(OC(C)=O)cc3)c3ccccc3-c3nc4ccccc4nc32)cc1. The second-order valence-corrected chi connectivity index (χ2v) is 8.55. The van der Waals surface area contributed by atoms with Crippen LogP contribution in [0.3, 0.4) is 0 Å². The molecule has 0 fully saturated rings. The van der Waals surface area contributed by atoms with E-state index < -0.39 is 5.41 Å². The summed E-state index contributed by atoms with van der Waals surface area (Å²) in [6.45, 7) is 1.40. The van der Waals surface area contributed by atoms with Crippen LogP contribution in [0.25, 0.3) is 22.3 Å². The zero-order valence-electron chi connectivity index (χ0n) is 19.4. The summed E-state index contributed by atoms with van der Waals surface area (Å²) in [5.41, 5.74) is 6.97. The number of fused-ring (bicyclic) bond motifs is 4. The molecule has 5 heteroatoms. The molecule has 1 aliphatic rings. The molecule has 0 radical (unpaired) electrons. The van der Waals surface area contributed by atoms with E-state index in [9.17, 15) is 4.79 Å². The van der Waals surface area contributed by atoms with Crippen molar-refractivity contribution in [1.29, 1.82) is 0 Å². The van der Waals surface area contributed by atoms with Gasteiger partial charge >= 0.3 is 5.97 Å². The Hall–Kier alpha value is -4.51. The number of methoxy groups -OCH3 is 1. The van der Waals surface area contributed by atoms with Crippen LogP contribution in [0.4, 0.5) is 0 Å². The maximum absolute atomic E-state index is 11.5. The minimum absolute atomic E-state index is 0.350. The van der Waals surface area contributed by atoms with E-state index in [0.717, 1.165) is 50.4 Å². The second-order valence-electron chi connectivity index (χ2n) is 8.55. The Morgan fingerprint density at radius 3 is 1.91 bits per heavy atom. The maximum Gasteiger partial charge on any atom is 0.308 e. The van der Waals surface area contributed by atoms with Crippen LogP contribution in [-0.4, -0.2) is 23.0 Å². The van der Waals surface area contributed by atoms with Crippen molar-refractivity contribution >= 4 is 17.0 Å².